The summed E-state index contributed by atoms with van der Waals surface area (Å²) in [7, 11) is 3.27. The van der Waals surface area contributed by atoms with Gasteiger partial charge in [-0.3, -0.25) is 4.79 Å². The van der Waals surface area contributed by atoms with Gasteiger partial charge in [0.05, 0.1) is 33.0 Å². The molecule has 2 amide bonds. The van der Waals surface area contributed by atoms with Crippen LogP contribution in [0.4, 0.5) is 4.79 Å². The highest BCUT2D eigenvalue weighted by Gasteiger charge is 2.41. The van der Waals surface area contributed by atoms with Crippen LogP contribution in [0.5, 0.6) is 11.5 Å². The summed E-state index contributed by atoms with van der Waals surface area (Å²) in [5.41, 5.74) is 2.65. The van der Waals surface area contributed by atoms with Crippen LogP contribution in [0.15, 0.2) is 109 Å². The van der Waals surface area contributed by atoms with E-state index in [0.29, 0.717) is 25.8 Å². The van der Waals surface area contributed by atoms with Crippen LogP contribution in [-0.4, -0.2) is 68.1 Å². The molecule has 9 heteroatoms. The maximum Gasteiger partial charge on any atom is 0.407 e. The first-order valence-corrected chi connectivity index (χ1v) is 16.8. The van der Waals surface area contributed by atoms with Gasteiger partial charge >= 0.3 is 6.09 Å². The third kappa shape index (κ3) is 9.19. The SMILES string of the molecule is COc1ccc(C(OCC2CC(O)CN2C(=O)CCCCCNC(=O)OCc2ccccc2)(c2ccccc2)c2ccc(OC)cc2)cc1. The first-order valence-electron chi connectivity index (χ1n) is 16.8. The topological polar surface area (TPSA) is 107 Å². The standard InChI is InChI=1S/C40H46N2O7/c1-46-36-21-17-32(18-22-36)40(31-14-8-4-9-15-31,33-19-23-37(47-2)24-20-33)49-29-34-26-35(43)27-42(34)38(44)16-10-5-11-25-41-39(45)48-28-30-12-6-3-7-13-30/h3-4,6-9,12-15,17-24,34-35,43H,5,10-11,16,25-29H2,1-2H3,(H,41,45). The third-order valence-corrected chi connectivity index (χ3v) is 8.93. The second-order valence-electron chi connectivity index (χ2n) is 12.2. The smallest absolute Gasteiger partial charge is 0.407 e. The monoisotopic (exact) mass is 666 g/mol. The molecule has 1 aliphatic rings. The minimum Gasteiger partial charge on any atom is -0.497 e. The maximum atomic E-state index is 13.5. The summed E-state index contributed by atoms with van der Waals surface area (Å²) in [6.07, 6.45) is 1.87. The van der Waals surface area contributed by atoms with Gasteiger partial charge < -0.3 is 34.3 Å². The lowest BCUT2D eigenvalue weighted by molar-refractivity contribution is -0.134. The van der Waals surface area contributed by atoms with Crippen LogP contribution in [0.1, 0.15) is 54.4 Å². The van der Waals surface area contributed by atoms with E-state index in [0.717, 1.165) is 46.6 Å². The van der Waals surface area contributed by atoms with Crippen molar-refractivity contribution in [2.75, 3.05) is 33.9 Å². The molecule has 1 fully saturated rings. The van der Waals surface area contributed by atoms with E-state index in [4.69, 9.17) is 18.9 Å². The Balaban J connectivity index is 1.23. The molecule has 0 spiro atoms. The van der Waals surface area contributed by atoms with Crippen molar-refractivity contribution in [1.29, 1.82) is 0 Å². The fraction of sp³-hybridized carbons (Fsp3) is 0.350. The van der Waals surface area contributed by atoms with Gasteiger partial charge in [-0.25, -0.2) is 4.79 Å². The Kier molecular flexibility index (Phi) is 12.7. The van der Waals surface area contributed by atoms with Gasteiger partial charge in [0, 0.05) is 19.5 Å². The molecule has 9 nitrogen and oxygen atoms in total. The number of amides is 2. The summed E-state index contributed by atoms with van der Waals surface area (Å²) in [6, 6.07) is 34.9. The van der Waals surface area contributed by atoms with Crippen molar-refractivity contribution in [3.05, 3.63) is 131 Å². The molecular formula is C40H46N2O7. The molecule has 0 aliphatic carbocycles. The normalized spacial score (nSPS) is 15.9. The number of hydrogen-bond acceptors (Lipinski definition) is 7. The van der Waals surface area contributed by atoms with E-state index in [1.54, 1.807) is 19.1 Å². The highest BCUT2D eigenvalue weighted by atomic mass is 16.5. The van der Waals surface area contributed by atoms with E-state index in [1.165, 1.54) is 0 Å². The molecule has 49 heavy (non-hydrogen) atoms. The predicted molar refractivity (Wildman–Crippen MR) is 187 cm³/mol. The lowest BCUT2D eigenvalue weighted by Crippen LogP contribution is -2.42. The van der Waals surface area contributed by atoms with E-state index < -0.39 is 17.8 Å². The van der Waals surface area contributed by atoms with E-state index >= 15 is 0 Å². The third-order valence-electron chi connectivity index (χ3n) is 8.93. The predicted octanol–water partition coefficient (Wildman–Crippen LogP) is 6.46. The van der Waals surface area contributed by atoms with Crippen LogP contribution < -0.4 is 14.8 Å². The van der Waals surface area contributed by atoms with Crippen molar-refractivity contribution in [3.63, 3.8) is 0 Å². The summed E-state index contributed by atoms with van der Waals surface area (Å²) in [5, 5.41) is 13.5. The lowest BCUT2D eigenvalue weighted by atomic mass is 9.80. The molecule has 258 valence electrons. The van der Waals surface area contributed by atoms with Crippen LogP contribution in [-0.2, 0) is 26.5 Å². The number of benzene rings is 4. The van der Waals surface area contributed by atoms with Crippen molar-refractivity contribution in [2.24, 2.45) is 0 Å². The molecule has 1 heterocycles. The number of hydrogen-bond donors (Lipinski definition) is 2. The number of alkyl carbamates (subject to hydrolysis) is 1. The zero-order valence-electron chi connectivity index (χ0n) is 28.3. The minimum atomic E-state index is -1.02. The Morgan fingerprint density at radius 1 is 0.776 bits per heavy atom. The highest BCUT2D eigenvalue weighted by molar-refractivity contribution is 5.77. The number of likely N-dealkylation sites (tertiary alicyclic amines) is 1. The number of carbonyl (C=O) groups is 2. The van der Waals surface area contributed by atoms with Gasteiger partial charge in [0.1, 0.15) is 23.7 Å². The van der Waals surface area contributed by atoms with Gasteiger partial charge in [-0.05, 0) is 65.8 Å². The number of aliphatic hydroxyl groups excluding tert-OH is 1. The molecule has 5 rings (SSSR count). The largest absolute Gasteiger partial charge is 0.497 e. The molecule has 1 aliphatic heterocycles. The van der Waals surface area contributed by atoms with Crippen molar-refractivity contribution in [2.45, 2.75) is 56.5 Å². The minimum absolute atomic E-state index is 0.0143. The average molecular weight is 667 g/mol. The molecule has 0 saturated carbocycles. The Morgan fingerprint density at radius 3 is 1.94 bits per heavy atom. The Bertz CT molecular complexity index is 1550. The van der Waals surface area contributed by atoms with Crippen molar-refractivity contribution in [3.8, 4) is 11.5 Å². The van der Waals surface area contributed by atoms with Crippen LogP contribution >= 0.6 is 0 Å². The van der Waals surface area contributed by atoms with E-state index in [2.05, 4.69) is 5.32 Å². The highest BCUT2D eigenvalue weighted by Crippen LogP contribution is 2.42. The van der Waals surface area contributed by atoms with Crippen LogP contribution in [0.2, 0.25) is 0 Å². The second kappa shape index (κ2) is 17.5. The molecule has 0 bridgehead atoms. The Morgan fingerprint density at radius 2 is 1.35 bits per heavy atom. The first kappa shape index (κ1) is 35.4. The molecule has 2 atom stereocenters. The number of β-amino-alcohol motifs (C(OH)–C–C–N with tert-alkyl or cyclic N) is 1. The van der Waals surface area contributed by atoms with Crippen LogP contribution in [0, 0.1) is 0 Å². The van der Waals surface area contributed by atoms with Crippen LogP contribution in [0.3, 0.4) is 0 Å². The van der Waals surface area contributed by atoms with E-state index in [-0.39, 0.29) is 31.7 Å². The number of unbranched alkanes of at least 4 members (excludes halogenated alkanes) is 2. The molecular weight excluding hydrogens is 620 g/mol. The Hall–Kier alpha value is -4.86. The first-order chi connectivity index (χ1) is 23.9. The fourth-order valence-corrected chi connectivity index (χ4v) is 6.34. The number of ether oxygens (including phenoxy) is 4. The van der Waals surface area contributed by atoms with Crippen LogP contribution in [0.25, 0.3) is 0 Å². The van der Waals surface area contributed by atoms with Gasteiger partial charge in [-0.15, -0.1) is 0 Å². The lowest BCUT2D eigenvalue weighted by Gasteiger charge is -2.38. The molecule has 2 unspecified atom stereocenters. The van der Waals surface area contributed by atoms with Gasteiger partial charge in [-0.2, -0.15) is 0 Å². The molecule has 4 aromatic carbocycles. The summed E-state index contributed by atoms with van der Waals surface area (Å²) < 4.78 is 23.2. The quantitative estimate of drug-likeness (QED) is 0.104. The molecule has 0 radical (unpaired) electrons. The molecule has 1 saturated heterocycles. The summed E-state index contributed by atoms with van der Waals surface area (Å²) >= 11 is 0. The number of carbonyl (C=O) groups excluding carboxylic acids is 2. The zero-order chi connectivity index (χ0) is 34.5. The number of nitrogens with zero attached hydrogens (tertiary/aromatic N) is 1. The van der Waals surface area contributed by atoms with Crippen molar-refractivity contribution >= 4 is 12.0 Å². The Labute approximate surface area is 288 Å². The number of rotatable bonds is 16. The average Bonchev–Trinajstić information content (AvgIpc) is 3.54. The fourth-order valence-electron chi connectivity index (χ4n) is 6.34. The molecule has 4 aromatic rings. The number of methoxy groups -OCH3 is 2. The number of nitrogens with one attached hydrogen (secondary N) is 1. The summed E-state index contributed by atoms with van der Waals surface area (Å²) in [5.74, 6) is 1.45. The van der Waals surface area contributed by atoms with Gasteiger partial charge in [-0.1, -0.05) is 91.3 Å². The van der Waals surface area contributed by atoms with Gasteiger partial charge in [0.2, 0.25) is 5.91 Å². The van der Waals surface area contributed by atoms with Crippen molar-refractivity contribution < 1.29 is 33.6 Å². The van der Waals surface area contributed by atoms with E-state index in [1.807, 2.05) is 109 Å². The zero-order valence-corrected chi connectivity index (χ0v) is 28.3. The second-order valence-corrected chi connectivity index (χ2v) is 12.2. The molecule has 0 aromatic heterocycles. The van der Waals surface area contributed by atoms with E-state index in [9.17, 15) is 14.7 Å². The summed E-state index contributed by atoms with van der Waals surface area (Å²) in [4.78, 5) is 27.3. The molecule has 2 N–H and O–H groups in total. The van der Waals surface area contributed by atoms with Crippen molar-refractivity contribution in [1.82, 2.24) is 10.2 Å². The summed E-state index contributed by atoms with van der Waals surface area (Å²) in [6.45, 7) is 1.18. The van der Waals surface area contributed by atoms with Gasteiger partial charge in [0.15, 0.2) is 0 Å². The maximum absolute atomic E-state index is 13.5. The van der Waals surface area contributed by atoms with Gasteiger partial charge in [0.25, 0.3) is 0 Å². The number of aliphatic hydroxyl groups is 1.